The lowest BCUT2D eigenvalue weighted by atomic mass is 10.3. The van der Waals surface area contributed by atoms with Crippen molar-refractivity contribution in [3.8, 4) is 0 Å². The quantitative estimate of drug-likeness (QED) is 0.667. The highest BCUT2D eigenvalue weighted by Crippen LogP contribution is 2.06. The number of halogens is 1. The third-order valence-electron chi connectivity index (χ3n) is 1.41. The van der Waals surface area contributed by atoms with Crippen molar-refractivity contribution in [3.05, 3.63) is 26.0 Å². The first kappa shape index (κ1) is 10.1. The zero-order chi connectivity index (χ0) is 9.14. The minimum absolute atomic E-state index is 0.829. The van der Waals surface area contributed by atoms with Crippen molar-refractivity contribution < 1.29 is 0 Å². The van der Waals surface area contributed by atoms with Gasteiger partial charge in [-0.2, -0.15) is 0 Å². The molecule has 0 atom stereocenters. The molecule has 1 aromatic rings. The van der Waals surface area contributed by atoms with Crippen LogP contribution in [-0.2, 0) is 6.54 Å². The van der Waals surface area contributed by atoms with E-state index in [4.69, 9.17) is 12.2 Å². The molecular weight excluding hydrogens is 283 g/mol. The first-order chi connectivity index (χ1) is 5.59. The van der Waals surface area contributed by atoms with E-state index >= 15 is 0 Å². The number of nitrogens with one attached hydrogen (secondary N) is 1. The summed E-state index contributed by atoms with van der Waals surface area (Å²) < 4.78 is 1.93. The monoisotopic (exact) mass is 294 g/mol. The summed E-state index contributed by atoms with van der Waals surface area (Å²) in [6.45, 7) is 0.903. The minimum atomic E-state index is 0.829. The van der Waals surface area contributed by atoms with Crippen LogP contribution in [0.5, 0.6) is 0 Å². The van der Waals surface area contributed by atoms with Crippen molar-refractivity contribution in [2.24, 2.45) is 0 Å². The van der Waals surface area contributed by atoms with Crippen LogP contribution in [0.25, 0.3) is 0 Å². The number of nitrogens with zero attached hydrogens (tertiary/aromatic N) is 1. The third-order valence-corrected chi connectivity index (χ3v) is 3.00. The predicted molar refractivity (Wildman–Crippen MR) is 61.7 cm³/mol. The van der Waals surface area contributed by atoms with Gasteiger partial charge in [-0.3, -0.25) is 0 Å². The molecular formula is C8H11IN2S. The fourth-order valence-electron chi connectivity index (χ4n) is 0.930. The molecule has 0 bridgehead atoms. The normalized spacial score (nSPS) is 10.7. The summed E-state index contributed by atoms with van der Waals surface area (Å²) in [7, 11) is 4.07. The summed E-state index contributed by atoms with van der Waals surface area (Å²) in [6, 6.07) is 4.11. The first-order valence-corrected chi connectivity index (χ1v) is 5.10. The Balaban J connectivity index is 2.90. The van der Waals surface area contributed by atoms with Gasteiger partial charge in [0, 0.05) is 15.8 Å². The second-order valence-electron chi connectivity index (χ2n) is 2.90. The molecule has 1 rings (SSSR count). The molecule has 2 nitrogen and oxygen atoms in total. The van der Waals surface area contributed by atoms with Crippen LogP contribution in [0.2, 0.25) is 0 Å². The van der Waals surface area contributed by atoms with Gasteiger partial charge in [0.1, 0.15) is 4.64 Å². The largest absolute Gasteiger partial charge is 0.348 e. The van der Waals surface area contributed by atoms with Crippen LogP contribution < -0.4 is 0 Å². The summed E-state index contributed by atoms with van der Waals surface area (Å²) in [4.78, 5) is 5.28. The van der Waals surface area contributed by atoms with Crippen LogP contribution >= 0.6 is 34.8 Å². The van der Waals surface area contributed by atoms with Crippen molar-refractivity contribution >= 4 is 34.8 Å². The van der Waals surface area contributed by atoms with Gasteiger partial charge in [-0.05, 0) is 48.8 Å². The molecule has 0 saturated heterocycles. The van der Waals surface area contributed by atoms with Gasteiger partial charge in [0.15, 0.2) is 0 Å². The number of aromatic amines is 1. The summed E-state index contributed by atoms with van der Waals surface area (Å²) in [5, 5.41) is 0. The van der Waals surface area contributed by atoms with Crippen LogP contribution in [0.15, 0.2) is 12.1 Å². The van der Waals surface area contributed by atoms with E-state index in [1.54, 1.807) is 0 Å². The van der Waals surface area contributed by atoms with Crippen LogP contribution in [-0.4, -0.2) is 24.0 Å². The first-order valence-electron chi connectivity index (χ1n) is 3.62. The number of hydrogen-bond acceptors (Lipinski definition) is 2. The lowest BCUT2D eigenvalue weighted by Gasteiger charge is -2.09. The van der Waals surface area contributed by atoms with Gasteiger partial charge in [-0.25, -0.2) is 0 Å². The molecule has 1 heterocycles. The van der Waals surface area contributed by atoms with Crippen LogP contribution in [0.4, 0.5) is 0 Å². The van der Waals surface area contributed by atoms with Gasteiger partial charge in [0.2, 0.25) is 0 Å². The maximum Gasteiger partial charge on any atom is 0.116 e. The van der Waals surface area contributed by atoms with Crippen molar-refractivity contribution in [1.82, 2.24) is 9.88 Å². The van der Waals surface area contributed by atoms with Crippen LogP contribution in [0, 0.1) is 8.21 Å². The predicted octanol–water partition coefficient (Wildman–Crippen LogP) is 2.41. The third kappa shape index (κ3) is 2.84. The van der Waals surface area contributed by atoms with Gasteiger partial charge < -0.3 is 9.88 Å². The average Bonchev–Trinajstić information content (AvgIpc) is 1.96. The Bertz CT molecular complexity index is 319. The number of pyridine rings is 1. The second-order valence-corrected chi connectivity index (χ2v) is 4.47. The Kier molecular flexibility index (Phi) is 3.67. The van der Waals surface area contributed by atoms with Crippen molar-refractivity contribution in [2.45, 2.75) is 6.54 Å². The Morgan fingerprint density at radius 3 is 2.67 bits per heavy atom. The summed E-state index contributed by atoms with van der Waals surface area (Å²) in [6.07, 6.45) is 0. The molecule has 0 aromatic carbocycles. The van der Waals surface area contributed by atoms with Gasteiger partial charge >= 0.3 is 0 Å². The highest BCUT2D eigenvalue weighted by atomic mass is 127. The second kappa shape index (κ2) is 4.34. The minimum Gasteiger partial charge on any atom is -0.348 e. The van der Waals surface area contributed by atoms with Crippen molar-refractivity contribution in [2.75, 3.05) is 14.1 Å². The Morgan fingerprint density at radius 1 is 1.50 bits per heavy atom. The Labute approximate surface area is 91.1 Å². The molecule has 0 saturated carbocycles. The molecule has 1 aromatic heterocycles. The van der Waals surface area contributed by atoms with E-state index in [0.717, 1.165) is 20.4 Å². The molecule has 0 aliphatic heterocycles. The van der Waals surface area contributed by atoms with E-state index in [1.165, 1.54) is 0 Å². The molecule has 0 aliphatic carbocycles. The maximum atomic E-state index is 5.11. The fourth-order valence-corrected chi connectivity index (χ4v) is 1.44. The topological polar surface area (TPSA) is 19.0 Å². The van der Waals surface area contributed by atoms with Gasteiger partial charge in [0.25, 0.3) is 0 Å². The molecule has 0 spiro atoms. The Morgan fingerprint density at radius 2 is 2.17 bits per heavy atom. The SMILES string of the molecule is CN(C)Cc1ccc(I)c(=S)[nH]1. The molecule has 0 aliphatic rings. The van der Waals surface area contributed by atoms with Gasteiger partial charge in [-0.1, -0.05) is 12.2 Å². The number of hydrogen-bond donors (Lipinski definition) is 1. The highest BCUT2D eigenvalue weighted by molar-refractivity contribution is 14.1. The molecule has 1 N–H and O–H groups in total. The van der Waals surface area contributed by atoms with E-state index in [-0.39, 0.29) is 0 Å². The van der Waals surface area contributed by atoms with Crippen LogP contribution in [0.3, 0.4) is 0 Å². The number of rotatable bonds is 2. The van der Waals surface area contributed by atoms with E-state index in [2.05, 4.69) is 38.5 Å². The zero-order valence-electron chi connectivity index (χ0n) is 7.10. The summed E-state index contributed by atoms with van der Waals surface area (Å²) in [5.74, 6) is 0. The molecule has 0 amide bonds. The van der Waals surface area contributed by atoms with Crippen molar-refractivity contribution in [3.63, 3.8) is 0 Å². The molecule has 0 fully saturated rings. The standard InChI is InChI=1S/C8H11IN2S/c1-11(2)5-6-3-4-7(9)8(12)10-6/h3-4H,5H2,1-2H3,(H,10,12). The maximum absolute atomic E-state index is 5.11. The van der Waals surface area contributed by atoms with E-state index < -0.39 is 0 Å². The lowest BCUT2D eigenvalue weighted by Crippen LogP contribution is -2.11. The zero-order valence-corrected chi connectivity index (χ0v) is 10.1. The number of aromatic nitrogens is 1. The molecule has 4 heteroatoms. The lowest BCUT2D eigenvalue weighted by molar-refractivity contribution is 0.396. The summed E-state index contributed by atoms with van der Waals surface area (Å²) in [5.41, 5.74) is 1.16. The molecule has 0 unspecified atom stereocenters. The molecule has 0 radical (unpaired) electrons. The smallest absolute Gasteiger partial charge is 0.116 e. The van der Waals surface area contributed by atoms with Gasteiger partial charge in [-0.15, -0.1) is 0 Å². The van der Waals surface area contributed by atoms with Gasteiger partial charge in [0.05, 0.1) is 0 Å². The van der Waals surface area contributed by atoms with E-state index in [0.29, 0.717) is 0 Å². The molecule has 66 valence electrons. The average molecular weight is 294 g/mol. The highest BCUT2D eigenvalue weighted by Gasteiger charge is 1.96. The van der Waals surface area contributed by atoms with E-state index in [1.807, 2.05) is 20.2 Å². The van der Waals surface area contributed by atoms with E-state index in [9.17, 15) is 0 Å². The molecule has 12 heavy (non-hydrogen) atoms. The Hall–Kier alpha value is 0.0600. The summed E-state index contributed by atoms with van der Waals surface area (Å²) >= 11 is 7.34. The number of H-pyrrole nitrogens is 1. The van der Waals surface area contributed by atoms with Crippen molar-refractivity contribution in [1.29, 1.82) is 0 Å². The fraction of sp³-hybridized carbons (Fsp3) is 0.375. The van der Waals surface area contributed by atoms with Crippen LogP contribution in [0.1, 0.15) is 5.69 Å².